The Morgan fingerprint density at radius 2 is 1.75 bits per heavy atom. The number of carbonyl (C=O) groups excluding carboxylic acids is 2. The molecule has 0 aliphatic rings. The molecular formula is C20H20N4O3S. The summed E-state index contributed by atoms with van der Waals surface area (Å²) in [6.45, 7) is 5.35. The SMILES string of the molecule is CC(=O)Nc1cccc(-c2nnc(SCC(=O)Nc3c(C)cccc3C)o2)c1. The van der Waals surface area contributed by atoms with E-state index in [1.54, 1.807) is 24.3 Å². The molecule has 0 fully saturated rings. The molecule has 3 rings (SSSR count). The monoisotopic (exact) mass is 396 g/mol. The molecule has 0 saturated heterocycles. The summed E-state index contributed by atoms with van der Waals surface area (Å²) in [5.74, 6) is 0.176. The number of nitrogens with one attached hydrogen (secondary N) is 2. The standard InChI is InChI=1S/C20H20N4O3S/c1-12-6-4-7-13(2)18(12)22-17(26)11-28-20-24-23-19(27-20)15-8-5-9-16(10-15)21-14(3)25/h4-10H,11H2,1-3H3,(H,21,25)(H,22,26). The van der Waals surface area contributed by atoms with Crippen molar-refractivity contribution in [1.82, 2.24) is 10.2 Å². The van der Waals surface area contributed by atoms with Gasteiger partial charge in [0.25, 0.3) is 5.22 Å². The third kappa shape index (κ3) is 4.98. The van der Waals surface area contributed by atoms with Gasteiger partial charge >= 0.3 is 0 Å². The van der Waals surface area contributed by atoms with Crippen molar-refractivity contribution in [3.8, 4) is 11.5 Å². The molecule has 2 aromatic carbocycles. The van der Waals surface area contributed by atoms with Gasteiger partial charge in [0.2, 0.25) is 17.7 Å². The number of benzene rings is 2. The van der Waals surface area contributed by atoms with E-state index in [0.717, 1.165) is 16.8 Å². The normalized spacial score (nSPS) is 10.5. The fourth-order valence-electron chi connectivity index (χ4n) is 2.63. The van der Waals surface area contributed by atoms with E-state index in [0.29, 0.717) is 22.4 Å². The van der Waals surface area contributed by atoms with Gasteiger partial charge in [-0.25, -0.2) is 0 Å². The molecule has 2 amide bonds. The predicted molar refractivity (Wildman–Crippen MR) is 109 cm³/mol. The molecule has 0 aliphatic heterocycles. The highest BCUT2D eigenvalue weighted by atomic mass is 32.2. The van der Waals surface area contributed by atoms with Gasteiger partial charge in [0.15, 0.2) is 0 Å². The van der Waals surface area contributed by atoms with Crippen molar-refractivity contribution in [2.45, 2.75) is 26.0 Å². The van der Waals surface area contributed by atoms with Gasteiger partial charge in [-0.05, 0) is 43.2 Å². The zero-order valence-corrected chi connectivity index (χ0v) is 16.6. The number of aromatic nitrogens is 2. The summed E-state index contributed by atoms with van der Waals surface area (Å²) in [7, 11) is 0. The summed E-state index contributed by atoms with van der Waals surface area (Å²) < 4.78 is 5.63. The molecule has 0 unspecified atom stereocenters. The summed E-state index contributed by atoms with van der Waals surface area (Å²) in [6.07, 6.45) is 0. The molecule has 3 aromatic rings. The second kappa shape index (κ2) is 8.71. The van der Waals surface area contributed by atoms with Crippen LogP contribution < -0.4 is 10.6 Å². The molecule has 0 saturated carbocycles. The second-order valence-corrected chi connectivity index (χ2v) is 7.17. The summed E-state index contributed by atoms with van der Waals surface area (Å²) >= 11 is 1.17. The van der Waals surface area contributed by atoms with Crippen LogP contribution in [0.15, 0.2) is 52.1 Å². The average molecular weight is 396 g/mol. The lowest BCUT2D eigenvalue weighted by atomic mass is 10.1. The molecule has 0 atom stereocenters. The highest BCUT2D eigenvalue weighted by Gasteiger charge is 2.13. The molecule has 8 heteroatoms. The van der Waals surface area contributed by atoms with Crippen molar-refractivity contribution in [3.63, 3.8) is 0 Å². The van der Waals surface area contributed by atoms with E-state index in [9.17, 15) is 9.59 Å². The third-order valence-electron chi connectivity index (χ3n) is 3.91. The Balaban J connectivity index is 1.62. The third-order valence-corrected chi connectivity index (χ3v) is 4.73. The average Bonchev–Trinajstić information content (AvgIpc) is 3.12. The van der Waals surface area contributed by atoms with E-state index in [1.165, 1.54) is 18.7 Å². The summed E-state index contributed by atoms with van der Waals surface area (Å²) in [6, 6.07) is 13.0. The fourth-order valence-corrected chi connectivity index (χ4v) is 3.20. The van der Waals surface area contributed by atoms with E-state index in [1.807, 2.05) is 32.0 Å². The van der Waals surface area contributed by atoms with E-state index in [-0.39, 0.29) is 17.6 Å². The number of para-hydroxylation sites is 1. The van der Waals surface area contributed by atoms with Crippen LogP contribution in [0.5, 0.6) is 0 Å². The van der Waals surface area contributed by atoms with Gasteiger partial charge in [-0.3, -0.25) is 9.59 Å². The van der Waals surface area contributed by atoms with Crippen molar-refractivity contribution in [3.05, 3.63) is 53.6 Å². The van der Waals surface area contributed by atoms with Gasteiger partial charge < -0.3 is 15.1 Å². The van der Waals surface area contributed by atoms with Gasteiger partial charge in [0, 0.05) is 23.9 Å². The van der Waals surface area contributed by atoms with Crippen LogP contribution in [0.3, 0.4) is 0 Å². The molecular weight excluding hydrogens is 376 g/mol. The highest BCUT2D eigenvalue weighted by molar-refractivity contribution is 7.99. The van der Waals surface area contributed by atoms with Gasteiger partial charge in [-0.15, -0.1) is 10.2 Å². The van der Waals surface area contributed by atoms with Crippen molar-refractivity contribution >= 4 is 35.0 Å². The first-order chi connectivity index (χ1) is 13.4. The maximum absolute atomic E-state index is 12.3. The van der Waals surface area contributed by atoms with E-state index in [2.05, 4.69) is 20.8 Å². The lowest BCUT2D eigenvalue weighted by molar-refractivity contribution is -0.114. The minimum atomic E-state index is -0.158. The zero-order valence-electron chi connectivity index (χ0n) is 15.8. The number of aryl methyl sites for hydroxylation is 2. The van der Waals surface area contributed by atoms with Crippen LogP contribution in [0.25, 0.3) is 11.5 Å². The maximum atomic E-state index is 12.3. The second-order valence-electron chi connectivity index (χ2n) is 6.24. The molecule has 0 aliphatic carbocycles. The van der Waals surface area contributed by atoms with Crippen molar-refractivity contribution < 1.29 is 14.0 Å². The van der Waals surface area contributed by atoms with E-state index < -0.39 is 0 Å². The molecule has 7 nitrogen and oxygen atoms in total. The van der Waals surface area contributed by atoms with Crippen LogP contribution in [-0.2, 0) is 9.59 Å². The Bertz CT molecular complexity index is 996. The van der Waals surface area contributed by atoms with Crippen LogP contribution >= 0.6 is 11.8 Å². The Morgan fingerprint density at radius 3 is 2.46 bits per heavy atom. The number of nitrogens with zero attached hydrogens (tertiary/aromatic N) is 2. The number of carbonyl (C=O) groups is 2. The fraction of sp³-hybridized carbons (Fsp3) is 0.200. The number of hydrogen-bond acceptors (Lipinski definition) is 6. The van der Waals surface area contributed by atoms with Crippen LogP contribution in [0.1, 0.15) is 18.1 Å². The number of rotatable bonds is 6. The van der Waals surface area contributed by atoms with Gasteiger partial charge in [0.1, 0.15) is 0 Å². The number of thioether (sulfide) groups is 1. The quantitative estimate of drug-likeness (QED) is 0.610. The minimum absolute atomic E-state index is 0.144. The summed E-state index contributed by atoms with van der Waals surface area (Å²) in [5.41, 5.74) is 4.18. The number of anilines is 2. The summed E-state index contributed by atoms with van der Waals surface area (Å²) in [5, 5.41) is 13.9. The van der Waals surface area contributed by atoms with Crippen LogP contribution in [-0.4, -0.2) is 27.8 Å². The van der Waals surface area contributed by atoms with Crippen LogP contribution in [0.4, 0.5) is 11.4 Å². The molecule has 2 N–H and O–H groups in total. The number of amides is 2. The Morgan fingerprint density at radius 1 is 1.04 bits per heavy atom. The molecule has 144 valence electrons. The van der Waals surface area contributed by atoms with Crippen molar-refractivity contribution in [2.75, 3.05) is 16.4 Å². The number of hydrogen-bond donors (Lipinski definition) is 2. The largest absolute Gasteiger partial charge is 0.411 e. The highest BCUT2D eigenvalue weighted by Crippen LogP contribution is 2.26. The molecule has 1 aromatic heterocycles. The molecule has 0 spiro atoms. The van der Waals surface area contributed by atoms with Crippen LogP contribution in [0, 0.1) is 13.8 Å². The van der Waals surface area contributed by atoms with Gasteiger partial charge in [-0.1, -0.05) is 36.0 Å². The molecule has 0 radical (unpaired) electrons. The van der Waals surface area contributed by atoms with Crippen molar-refractivity contribution in [1.29, 1.82) is 0 Å². The van der Waals surface area contributed by atoms with Gasteiger partial charge in [0.05, 0.1) is 5.75 Å². The molecule has 28 heavy (non-hydrogen) atoms. The Hall–Kier alpha value is -3.13. The Kier molecular flexibility index (Phi) is 6.10. The lowest BCUT2D eigenvalue weighted by Gasteiger charge is -2.10. The first-order valence-electron chi connectivity index (χ1n) is 8.63. The first-order valence-corrected chi connectivity index (χ1v) is 9.61. The first kappa shape index (κ1) is 19.6. The topological polar surface area (TPSA) is 97.1 Å². The summed E-state index contributed by atoms with van der Waals surface area (Å²) in [4.78, 5) is 23.4. The zero-order chi connectivity index (χ0) is 20.1. The maximum Gasteiger partial charge on any atom is 0.277 e. The van der Waals surface area contributed by atoms with Crippen LogP contribution in [0.2, 0.25) is 0 Å². The van der Waals surface area contributed by atoms with Gasteiger partial charge in [-0.2, -0.15) is 0 Å². The van der Waals surface area contributed by atoms with E-state index >= 15 is 0 Å². The molecule has 1 heterocycles. The lowest BCUT2D eigenvalue weighted by Crippen LogP contribution is -2.15. The van der Waals surface area contributed by atoms with E-state index in [4.69, 9.17) is 4.42 Å². The van der Waals surface area contributed by atoms with Crippen molar-refractivity contribution in [2.24, 2.45) is 0 Å². The minimum Gasteiger partial charge on any atom is -0.411 e. The predicted octanol–water partition coefficient (Wildman–Crippen LogP) is 4.04. The Labute approximate surface area is 166 Å². The molecule has 0 bridgehead atoms. The smallest absolute Gasteiger partial charge is 0.277 e.